The molecule has 1 N–H and O–H groups in total. The molecular formula is C20H25O3P. The Hall–Kier alpha value is -1.70. The molecule has 4 heteroatoms. The molecule has 0 radical (unpaired) electrons. The van der Waals surface area contributed by atoms with Crippen molar-refractivity contribution >= 4 is 8.69 Å². The van der Waals surface area contributed by atoms with Crippen LogP contribution in [-0.2, 0) is 21.9 Å². The molecule has 24 heavy (non-hydrogen) atoms. The first-order valence-corrected chi connectivity index (χ1v) is 9.00. The van der Waals surface area contributed by atoms with Crippen LogP contribution in [0.25, 0.3) is 0 Å². The van der Waals surface area contributed by atoms with Crippen molar-refractivity contribution in [2.24, 2.45) is 0 Å². The number of aryl methyl sites for hydroxylation is 2. The van der Waals surface area contributed by atoms with Gasteiger partial charge in [-0.1, -0.05) is 38.1 Å². The van der Waals surface area contributed by atoms with Gasteiger partial charge in [0, 0.05) is 0 Å². The van der Waals surface area contributed by atoms with Gasteiger partial charge in [0.25, 0.3) is 0 Å². The van der Waals surface area contributed by atoms with Gasteiger partial charge in [0.05, 0.1) is 6.61 Å². The maximum atomic E-state index is 10.3. The van der Waals surface area contributed by atoms with E-state index in [1.54, 1.807) is 6.07 Å². The lowest BCUT2D eigenvalue weighted by Gasteiger charge is -2.15. The zero-order chi connectivity index (χ0) is 17.7. The SMILES string of the molecule is Cc1cc(CCOP=O)cc(C)c1Cc1ccc(O)c(C(C)C)c1. The molecule has 0 heterocycles. The van der Waals surface area contributed by atoms with Crippen LogP contribution in [0, 0.1) is 13.8 Å². The van der Waals surface area contributed by atoms with Crippen LogP contribution in [-0.4, -0.2) is 11.7 Å². The largest absolute Gasteiger partial charge is 0.508 e. The van der Waals surface area contributed by atoms with Crippen molar-refractivity contribution in [2.75, 3.05) is 6.61 Å². The first-order chi connectivity index (χ1) is 11.4. The summed E-state index contributed by atoms with van der Waals surface area (Å²) < 4.78 is 15.2. The molecule has 0 atom stereocenters. The minimum absolute atomic E-state index is 0.262. The minimum atomic E-state index is -0.262. The molecular weight excluding hydrogens is 319 g/mol. The lowest BCUT2D eigenvalue weighted by molar-refractivity contribution is 0.347. The van der Waals surface area contributed by atoms with Crippen molar-refractivity contribution in [1.29, 1.82) is 0 Å². The summed E-state index contributed by atoms with van der Waals surface area (Å²) in [4.78, 5) is 0. The van der Waals surface area contributed by atoms with E-state index in [0.717, 1.165) is 18.4 Å². The Morgan fingerprint density at radius 1 is 1.08 bits per heavy atom. The molecule has 0 aliphatic heterocycles. The summed E-state index contributed by atoms with van der Waals surface area (Å²) >= 11 is 0. The van der Waals surface area contributed by atoms with Crippen molar-refractivity contribution < 1.29 is 14.2 Å². The smallest absolute Gasteiger partial charge is 0.327 e. The predicted molar refractivity (Wildman–Crippen MR) is 98.2 cm³/mol. The van der Waals surface area contributed by atoms with Crippen molar-refractivity contribution in [1.82, 2.24) is 0 Å². The third kappa shape index (κ3) is 4.66. The van der Waals surface area contributed by atoms with E-state index in [1.165, 1.54) is 27.8 Å². The Balaban J connectivity index is 2.24. The van der Waals surface area contributed by atoms with Gasteiger partial charge in [0.2, 0.25) is 0 Å². The predicted octanol–water partition coefficient (Wildman–Crippen LogP) is 5.49. The quantitative estimate of drug-likeness (QED) is 0.534. The first-order valence-electron chi connectivity index (χ1n) is 8.27. The van der Waals surface area contributed by atoms with E-state index in [4.69, 9.17) is 4.52 Å². The molecule has 3 nitrogen and oxygen atoms in total. The summed E-state index contributed by atoms with van der Waals surface area (Å²) in [6.45, 7) is 8.89. The maximum Gasteiger partial charge on any atom is 0.327 e. The second-order valence-electron chi connectivity index (χ2n) is 6.59. The highest BCUT2D eigenvalue weighted by Crippen LogP contribution is 2.28. The number of benzene rings is 2. The molecule has 0 aromatic heterocycles. The van der Waals surface area contributed by atoms with E-state index < -0.39 is 0 Å². The van der Waals surface area contributed by atoms with Gasteiger partial charge in [0.15, 0.2) is 0 Å². The Bertz CT molecular complexity index is 700. The second kappa shape index (κ2) is 8.41. The highest BCUT2D eigenvalue weighted by Gasteiger charge is 2.10. The molecule has 0 amide bonds. The first kappa shape index (κ1) is 18.6. The van der Waals surface area contributed by atoms with Crippen LogP contribution in [0.4, 0.5) is 0 Å². The fourth-order valence-electron chi connectivity index (χ4n) is 3.09. The molecule has 0 saturated carbocycles. The van der Waals surface area contributed by atoms with E-state index >= 15 is 0 Å². The second-order valence-corrected chi connectivity index (χ2v) is 7.00. The molecule has 128 valence electrons. The summed E-state index contributed by atoms with van der Waals surface area (Å²) in [5.41, 5.74) is 7.23. The third-order valence-electron chi connectivity index (χ3n) is 4.39. The molecule has 0 aliphatic rings. The van der Waals surface area contributed by atoms with E-state index in [2.05, 4.69) is 45.9 Å². The van der Waals surface area contributed by atoms with Gasteiger partial charge in [-0.15, -0.1) is 0 Å². The average Bonchev–Trinajstić information content (AvgIpc) is 2.52. The minimum Gasteiger partial charge on any atom is -0.508 e. The summed E-state index contributed by atoms with van der Waals surface area (Å²) in [6.07, 6.45) is 1.61. The van der Waals surface area contributed by atoms with Gasteiger partial charge >= 0.3 is 8.69 Å². The van der Waals surface area contributed by atoms with Gasteiger partial charge in [0.1, 0.15) is 5.75 Å². The van der Waals surface area contributed by atoms with Gasteiger partial charge in [-0.2, -0.15) is 0 Å². The number of aromatic hydroxyl groups is 1. The number of phenols is 1. The summed E-state index contributed by atoms with van der Waals surface area (Å²) in [5.74, 6) is 0.671. The van der Waals surface area contributed by atoms with Gasteiger partial charge < -0.3 is 5.11 Å². The summed E-state index contributed by atoms with van der Waals surface area (Å²) in [6, 6.07) is 10.3. The molecule has 0 fully saturated rings. The van der Waals surface area contributed by atoms with Crippen molar-refractivity contribution in [3.63, 3.8) is 0 Å². The normalized spacial score (nSPS) is 11.4. The fourth-order valence-corrected chi connectivity index (χ4v) is 3.25. The fraction of sp³-hybridized carbons (Fsp3) is 0.400. The molecule has 2 aromatic rings. The lowest BCUT2D eigenvalue weighted by Crippen LogP contribution is -2.01. The monoisotopic (exact) mass is 344 g/mol. The molecule has 0 bridgehead atoms. The Labute approximate surface area is 146 Å². The topological polar surface area (TPSA) is 46.5 Å². The molecule has 0 unspecified atom stereocenters. The number of hydrogen-bond donors (Lipinski definition) is 1. The van der Waals surface area contributed by atoms with Crippen molar-refractivity contribution in [3.05, 3.63) is 63.7 Å². The molecule has 0 aliphatic carbocycles. The van der Waals surface area contributed by atoms with Crippen LogP contribution in [0.15, 0.2) is 30.3 Å². The highest BCUT2D eigenvalue weighted by molar-refractivity contribution is 7.17. The standard InChI is InChI=1S/C20H25O3P/c1-13(2)18-11-16(5-6-20(18)21)12-19-14(3)9-17(10-15(19)4)7-8-23-24-22/h5-6,9-11,13,21H,7-8,12H2,1-4H3. The zero-order valence-corrected chi connectivity index (χ0v) is 15.7. The van der Waals surface area contributed by atoms with Gasteiger partial charge in [-0.3, -0.25) is 4.52 Å². The zero-order valence-electron chi connectivity index (χ0n) is 14.8. The number of rotatable bonds is 7. The van der Waals surface area contributed by atoms with Crippen LogP contribution in [0.1, 0.15) is 53.1 Å². The molecule has 0 spiro atoms. The average molecular weight is 344 g/mol. The lowest BCUT2D eigenvalue weighted by atomic mass is 9.91. The molecule has 0 saturated heterocycles. The van der Waals surface area contributed by atoms with Crippen molar-refractivity contribution in [3.8, 4) is 5.75 Å². The van der Waals surface area contributed by atoms with Gasteiger partial charge in [-0.25, -0.2) is 4.57 Å². The third-order valence-corrected chi connectivity index (χ3v) is 4.67. The molecule has 2 rings (SSSR count). The van der Waals surface area contributed by atoms with E-state index in [-0.39, 0.29) is 8.69 Å². The Morgan fingerprint density at radius 3 is 2.33 bits per heavy atom. The Morgan fingerprint density at radius 2 is 1.75 bits per heavy atom. The van der Waals surface area contributed by atoms with E-state index in [1.807, 2.05) is 6.07 Å². The van der Waals surface area contributed by atoms with Crippen LogP contribution in [0.5, 0.6) is 5.75 Å². The van der Waals surface area contributed by atoms with Crippen molar-refractivity contribution in [2.45, 2.75) is 46.5 Å². The van der Waals surface area contributed by atoms with Crippen LogP contribution in [0.2, 0.25) is 0 Å². The highest BCUT2D eigenvalue weighted by atomic mass is 31.1. The summed E-state index contributed by atoms with van der Waals surface area (Å²) in [5, 5.41) is 9.99. The van der Waals surface area contributed by atoms with Crippen LogP contribution in [0.3, 0.4) is 0 Å². The van der Waals surface area contributed by atoms with E-state index in [9.17, 15) is 9.67 Å². The van der Waals surface area contributed by atoms with Crippen LogP contribution >= 0.6 is 8.69 Å². The van der Waals surface area contributed by atoms with Gasteiger partial charge in [-0.05, 0) is 72.1 Å². The number of hydrogen-bond acceptors (Lipinski definition) is 3. The van der Waals surface area contributed by atoms with E-state index in [0.29, 0.717) is 18.3 Å². The molecule has 2 aromatic carbocycles. The Kier molecular flexibility index (Phi) is 6.53. The van der Waals surface area contributed by atoms with Crippen LogP contribution < -0.4 is 0 Å². The number of phenolic OH excluding ortho intramolecular Hbond substituents is 1. The maximum absolute atomic E-state index is 10.3. The summed E-state index contributed by atoms with van der Waals surface area (Å²) in [7, 11) is -0.262.